The van der Waals surface area contributed by atoms with Crippen molar-refractivity contribution < 1.29 is 18.7 Å². The number of rotatable bonds is 7. The molecule has 3 aromatic rings. The van der Waals surface area contributed by atoms with E-state index < -0.39 is 0 Å². The van der Waals surface area contributed by atoms with E-state index in [1.165, 1.54) is 11.3 Å². The van der Waals surface area contributed by atoms with Gasteiger partial charge in [0.25, 0.3) is 5.91 Å². The Balaban J connectivity index is 1.43. The minimum atomic E-state index is -0.282. The molecule has 3 aromatic heterocycles. The second-order valence-corrected chi connectivity index (χ2v) is 8.15. The van der Waals surface area contributed by atoms with E-state index >= 15 is 0 Å². The number of aryl methyl sites for hydroxylation is 1. The zero-order valence-electron chi connectivity index (χ0n) is 17.5. The van der Waals surface area contributed by atoms with Crippen LogP contribution in [0, 0.1) is 6.92 Å². The lowest BCUT2D eigenvalue weighted by Crippen LogP contribution is -2.38. The molecule has 162 valence electrons. The number of fused-ring (bicyclic) bond motifs is 1. The molecule has 1 N–H and O–H groups in total. The number of hydrogen-bond donors (Lipinski definition) is 1. The van der Waals surface area contributed by atoms with Crippen LogP contribution in [-0.4, -0.2) is 40.3 Å². The van der Waals surface area contributed by atoms with Crippen molar-refractivity contribution in [2.45, 2.75) is 39.5 Å². The van der Waals surface area contributed by atoms with Gasteiger partial charge >= 0.3 is 0 Å². The maximum atomic E-state index is 12.6. The standard InChI is InChI=1S/C22H24N4O4S/c1-14-19(9-24-22(28)20-4-3-17(30-20)11-29-2)18-5-6-26(10-15(18)8-23-14)21(27)7-16-12-31-13-25-16/h3-4,8,12-13H,5-7,9-11H2,1-2H3,(H,24,28). The second-order valence-electron chi connectivity index (χ2n) is 7.43. The van der Waals surface area contributed by atoms with Gasteiger partial charge in [0.15, 0.2) is 5.76 Å². The molecule has 0 radical (unpaired) electrons. The third-order valence-corrected chi connectivity index (χ3v) is 6.00. The van der Waals surface area contributed by atoms with Gasteiger partial charge in [-0.15, -0.1) is 11.3 Å². The van der Waals surface area contributed by atoms with Gasteiger partial charge in [-0.25, -0.2) is 4.98 Å². The van der Waals surface area contributed by atoms with E-state index in [2.05, 4.69) is 15.3 Å². The quantitative estimate of drug-likeness (QED) is 0.607. The molecule has 0 atom stereocenters. The summed E-state index contributed by atoms with van der Waals surface area (Å²) in [7, 11) is 1.57. The largest absolute Gasteiger partial charge is 0.453 e. The molecule has 0 fully saturated rings. The van der Waals surface area contributed by atoms with Crippen molar-refractivity contribution in [2.24, 2.45) is 0 Å². The summed E-state index contributed by atoms with van der Waals surface area (Å²) in [5.41, 5.74) is 6.60. The fourth-order valence-corrected chi connectivity index (χ4v) is 4.29. The van der Waals surface area contributed by atoms with Crippen molar-refractivity contribution in [2.75, 3.05) is 13.7 Å². The molecule has 31 heavy (non-hydrogen) atoms. The number of furan rings is 1. The van der Waals surface area contributed by atoms with Crippen LogP contribution in [0.4, 0.5) is 0 Å². The minimum absolute atomic E-state index is 0.0664. The zero-order chi connectivity index (χ0) is 21.8. The Morgan fingerprint density at radius 3 is 2.97 bits per heavy atom. The Labute approximate surface area is 184 Å². The average Bonchev–Trinajstić information content (AvgIpc) is 3.45. The number of hydrogen-bond acceptors (Lipinski definition) is 7. The Kier molecular flexibility index (Phi) is 6.43. The van der Waals surface area contributed by atoms with E-state index in [1.807, 2.05) is 23.4 Å². The highest BCUT2D eigenvalue weighted by molar-refractivity contribution is 7.07. The van der Waals surface area contributed by atoms with Crippen LogP contribution in [-0.2, 0) is 42.1 Å². The molecular formula is C22H24N4O4S. The van der Waals surface area contributed by atoms with E-state index in [9.17, 15) is 9.59 Å². The lowest BCUT2D eigenvalue weighted by molar-refractivity contribution is -0.131. The van der Waals surface area contributed by atoms with Gasteiger partial charge in [-0.1, -0.05) is 0 Å². The number of nitrogens with zero attached hydrogens (tertiary/aromatic N) is 3. The summed E-state index contributed by atoms with van der Waals surface area (Å²) in [4.78, 5) is 35.7. The first-order chi connectivity index (χ1) is 15.0. The first-order valence-corrected chi connectivity index (χ1v) is 11.0. The molecule has 2 amide bonds. The predicted octanol–water partition coefficient (Wildman–Crippen LogP) is 2.64. The van der Waals surface area contributed by atoms with Crippen LogP contribution in [0.1, 0.15) is 44.4 Å². The van der Waals surface area contributed by atoms with Crippen molar-refractivity contribution in [3.05, 3.63) is 68.8 Å². The monoisotopic (exact) mass is 440 g/mol. The van der Waals surface area contributed by atoms with Crippen LogP contribution in [0.5, 0.6) is 0 Å². The Bertz CT molecular complexity index is 1080. The molecule has 0 saturated carbocycles. The predicted molar refractivity (Wildman–Crippen MR) is 115 cm³/mol. The van der Waals surface area contributed by atoms with E-state index in [0.29, 0.717) is 38.4 Å². The minimum Gasteiger partial charge on any atom is -0.453 e. The van der Waals surface area contributed by atoms with Crippen molar-refractivity contribution in [3.8, 4) is 0 Å². The van der Waals surface area contributed by atoms with Crippen LogP contribution in [0.15, 0.2) is 33.6 Å². The summed E-state index contributed by atoms with van der Waals surface area (Å²) in [5.74, 6) is 0.637. The number of carbonyl (C=O) groups excluding carboxylic acids is 2. The van der Waals surface area contributed by atoms with E-state index in [4.69, 9.17) is 9.15 Å². The van der Waals surface area contributed by atoms with Gasteiger partial charge in [0, 0.05) is 44.0 Å². The maximum Gasteiger partial charge on any atom is 0.287 e. The Morgan fingerprint density at radius 1 is 1.32 bits per heavy atom. The number of aromatic nitrogens is 2. The molecule has 0 unspecified atom stereocenters. The fourth-order valence-electron chi connectivity index (χ4n) is 3.74. The number of amides is 2. The summed E-state index contributed by atoms with van der Waals surface area (Å²) >= 11 is 1.49. The average molecular weight is 441 g/mol. The van der Waals surface area contributed by atoms with Crippen LogP contribution in [0.3, 0.4) is 0 Å². The zero-order valence-corrected chi connectivity index (χ0v) is 18.3. The third kappa shape index (κ3) is 4.83. The Hall–Kier alpha value is -3.04. The van der Waals surface area contributed by atoms with Crippen molar-refractivity contribution in [1.82, 2.24) is 20.2 Å². The number of pyridine rings is 1. The highest BCUT2D eigenvalue weighted by Gasteiger charge is 2.24. The number of thiazole rings is 1. The van der Waals surface area contributed by atoms with Crippen LogP contribution < -0.4 is 5.32 Å². The van der Waals surface area contributed by atoms with E-state index in [-0.39, 0.29) is 17.6 Å². The van der Waals surface area contributed by atoms with Gasteiger partial charge in [-0.3, -0.25) is 14.6 Å². The Morgan fingerprint density at radius 2 is 2.19 bits per heavy atom. The van der Waals surface area contributed by atoms with Gasteiger partial charge in [0.1, 0.15) is 12.4 Å². The summed E-state index contributed by atoms with van der Waals surface area (Å²) in [5, 5.41) is 4.83. The topological polar surface area (TPSA) is 97.6 Å². The summed E-state index contributed by atoms with van der Waals surface area (Å²) in [6.07, 6.45) is 2.88. The highest BCUT2D eigenvalue weighted by Crippen LogP contribution is 2.24. The summed E-state index contributed by atoms with van der Waals surface area (Å²) in [6.45, 7) is 3.77. The number of nitrogens with one attached hydrogen (secondary N) is 1. The molecule has 1 aliphatic rings. The smallest absolute Gasteiger partial charge is 0.287 e. The van der Waals surface area contributed by atoms with Gasteiger partial charge in [-0.05, 0) is 42.2 Å². The lowest BCUT2D eigenvalue weighted by Gasteiger charge is -2.30. The van der Waals surface area contributed by atoms with Gasteiger partial charge in [-0.2, -0.15) is 0 Å². The van der Waals surface area contributed by atoms with Crippen LogP contribution in [0.25, 0.3) is 0 Å². The first kappa shape index (κ1) is 21.2. The molecule has 0 aliphatic carbocycles. The molecule has 4 rings (SSSR count). The van der Waals surface area contributed by atoms with Crippen molar-refractivity contribution in [1.29, 1.82) is 0 Å². The number of ether oxygens (including phenoxy) is 1. The normalized spacial score (nSPS) is 13.2. The summed E-state index contributed by atoms with van der Waals surface area (Å²) in [6, 6.07) is 3.37. The van der Waals surface area contributed by atoms with E-state index in [0.717, 1.165) is 34.5 Å². The fraction of sp³-hybridized carbons (Fsp3) is 0.364. The van der Waals surface area contributed by atoms with Gasteiger partial charge < -0.3 is 19.4 Å². The highest BCUT2D eigenvalue weighted by atomic mass is 32.1. The molecule has 0 bridgehead atoms. The molecule has 9 heteroatoms. The van der Waals surface area contributed by atoms with Crippen molar-refractivity contribution >= 4 is 23.2 Å². The maximum absolute atomic E-state index is 12.6. The lowest BCUT2D eigenvalue weighted by atomic mass is 9.94. The molecule has 0 aromatic carbocycles. The molecule has 0 saturated heterocycles. The molecule has 8 nitrogen and oxygen atoms in total. The van der Waals surface area contributed by atoms with E-state index in [1.54, 1.807) is 24.8 Å². The molecule has 0 spiro atoms. The molecule has 1 aliphatic heterocycles. The second kappa shape index (κ2) is 9.40. The van der Waals surface area contributed by atoms with Gasteiger partial charge in [0.05, 0.1) is 17.6 Å². The number of carbonyl (C=O) groups is 2. The third-order valence-electron chi connectivity index (χ3n) is 5.36. The van der Waals surface area contributed by atoms with Crippen LogP contribution >= 0.6 is 11.3 Å². The summed E-state index contributed by atoms with van der Waals surface area (Å²) < 4.78 is 10.5. The molecule has 4 heterocycles. The SMILES string of the molecule is COCc1ccc(C(=O)NCc2c(C)ncc3c2CCN(C(=O)Cc2cscn2)C3)o1. The van der Waals surface area contributed by atoms with Gasteiger partial charge in [0.2, 0.25) is 5.91 Å². The van der Waals surface area contributed by atoms with Crippen molar-refractivity contribution in [3.63, 3.8) is 0 Å². The van der Waals surface area contributed by atoms with Crippen LogP contribution in [0.2, 0.25) is 0 Å². The molecular weight excluding hydrogens is 416 g/mol. The number of methoxy groups -OCH3 is 1. The first-order valence-electron chi connectivity index (χ1n) is 10.0.